The molecule has 9 heteroatoms. The molecule has 0 aliphatic heterocycles. The van der Waals surface area contributed by atoms with Crippen molar-refractivity contribution in [2.24, 2.45) is 0 Å². The van der Waals surface area contributed by atoms with E-state index in [1.165, 1.54) is 43.7 Å². The maximum absolute atomic E-state index is 13.7. The van der Waals surface area contributed by atoms with Gasteiger partial charge in [0, 0.05) is 5.56 Å². The largest absolute Gasteiger partial charge is 0.494 e. The number of carbonyl (C=O) groups is 3. The fourth-order valence-corrected chi connectivity index (χ4v) is 3.02. The van der Waals surface area contributed by atoms with E-state index in [9.17, 15) is 18.8 Å². The van der Waals surface area contributed by atoms with E-state index in [0.29, 0.717) is 5.00 Å². The summed E-state index contributed by atoms with van der Waals surface area (Å²) in [6.45, 7) is -0.545. The number of benzene rings is 1. The Morgan fingerprint density at radius 2 is 2.00 bits per heavy atom. The number of carbonyl (C=O) groups excluding carboxylic acids is 3. The molecule has 0 saturated heterocycles. The molecule has 1 N–H and O–H groups in total. The van der Waals surface area contributed by atoms with Crippen LogP contribution in [0.15, 0.2) is 53.1 Å². The predicted octanol–water partition coefficient (Wildman–Crippen LogP) is 3.78. The van der Waals surface area contributed by atoms with Gasteiger partial charge in [-0.3, -0.25) is 9.59 Å². The minimum Gasteiger partial charge on any atom is -0.494 e. The van der Waals surface area contributed by atoms with Crippen LogP contribution in [0.2, 0.25) is 0 Å². The SMILES string of the molecule is COc1ccc(C(=O)COC(=O)c2ccc(NC(=O)c3ccco3)s2)cc1F. The highest BCUT2D eigenvalue weighted by Crippen LogP contribution is 2.24. The van der Waals surface area contributed by atoms with E-state index in [1.54, 1.807) is 6.07 Å². The van der Waals surface area contributed by atoms with Crippen LogP contribution in [0.1, 0.15) is 30.6 Å². The van der Waals surface area contributed by atoms with E-state index < -0.39 is 30.1 Å². The van der Waals surface area contributed by atoms with Crippen molar-refractivity contribution in [2.75, 3.05) is 19.0 Å². The summed E-state index contributed by atoms with van der Waals surface area (Å²) in [6.07, 6.45) is 1.37. The van der Waals surface area contributed by atoms with E-state index >= 15 is 0 Å². The van der Waals surface area contributed by atoms with Crippen molar-refractivity contribution < 1.29 is 32.7 Å². The first-order valence-electron chi connectivity index (χ1n) is 7.96. The van der Waals surface area contributed by atoms with E-state index in [-0.39, 0.29) is 22.0 Å². The number of furan rings is 1. The average molecular weight is 403 g/mol. The topological polar surface area (TPSA) is 94.8 Å². The van der Waals surface area contributed by atoms with Crippen LogP contribution in [-0.4, -0.2) is 31.4 Å². The second kappa shape index (κ2) is 8.49. The van der Waals surface area contributed by atoms with E-state index in [1.807, 2.05) is 0 Å². The summed E-state index contributed by atoms with van der Waals surface area (Å²) < 4.78 is 28.4. The Labute approximate surface area is 162 Å². The van der Waals surface area contributed by atoms with Crippen molar-refractivity contribution in [3.05, 3.63) is 70.7 Å². The number of esters is 1. The van der Waals surface area contributed by atoms with Gasteiger partial charge in [-0.1, -0.05) is 0 Å². The maximum atomic E-state index is 13.7. The molecule has 0 aliphatic carbocycles. The second-order valence-electron chi connectivity index (χ2n) is 5.44. The lowest BCUT2D eigenvalue weighted by molar-refractivity contribution is 0.0479. The molecule has 0 radical (unpaired) electrons. The number of ketones is 1. The number of nitrogens with one attached hydrogen (secondary N) is 1. The molecule has 28 heavy (non-hydrogen) atoms. The number of amides is 1. The Hall–Kier alpha value is -3.46. The summed E-state index contributed by atoms with van der Waals surface area (Å²) in [4.78, 5) is 36.3. The average Bonchev–Trinajstić information content (AvgIpc) is 3.37. The van der Waals surface area contributed by atoms with Gasteiger partial charge in [-0.2, -0.15) is 0 Å². The molecule has 3 rings (SSSR count). The molecule has 0 atom stereocenters. The molecule has 1 aromatic carbocycles. The second-order valence-corrected chi connectivity index (χ2v) is 6.53. The lowest BCUT2D eigenvalue weighted by Gasteiger charge is -2.05. The third-order valence-electron chi connectivity index (χ3n) is 3.60. The Kier molecular flexibility index (Phi) is 5.85. The highest BCUT2D eigenvalue weighted by molar-refractivity contribution is 7.18. The molecular weight excluding hydrogens is 389 g/mol. The molecule has 2 heterocycles. The number of thiophene rings is 1. The molecule has 3 aromatic rings. The first kappa shape index (κ1) is 19.3. The fraction of sp³-hybridized carbons (Fsp3) is 0.105. The van der Waals surface area contributed by atoms with Crippen molar-refractivity contribution in [3.8, 4) is 5.75 Å². The Balaban J connectivity index is 1.56. The highest BCUT2D eigenvalue weighted by Gasteiger charge is 2.17. The molecule has 0 unspecified atom stereocenters. The minimum absolute atomic E-state index is 0.0104. The molecule has 0 bridgehead atoms. The molecule has 7 nitrogen and oxygen atoms in total. The van der Waals surface area contributed by atoms with Crippen molar-refractivity contribution in [1.82, 2.24) is 0 Å². The van der Waals surface area contributed by atoms with Crippen LogP contribution in [0, 0.1) is 5.82 Å². The van der Waals surface area contributed by atoms with Gasteiger partial charge in [0.25, 0.3) is 5.91 Å². The molecule has 0 fully saturated rings. The van der Waals surface area contributed by atoms with Crippen molar-refractivity contribution in [3.63, 3.8) is 0 Å². The van der Waals surface area contributed by atoms with Crippen molar-refractivity contribution in [1.29, 1.82) is 0 Å². The van der Waals surface area contributed by atoms with Gasteiger partial charge in [0.15, 0.2) is 29.7 Å². The molecule has 0 saturated carbocycles. The number of halogens is 1. The van der Waals surface area contributed by atoms with Crippen LogP contribution in [0.5, 0.6) is 5.75 Å². The van der Waals surface area contributed by atoms with E-state index in [4.69, 9.17) is 13.9 Å². The first-order valence-corrected chi connectivity index (χ1v) is 8.78. The summed E-state index contributed by atoms with van der Waals surface area (Å²) in [5, 5.41) is 3.00. The number of hydrogen-bond acceptors (Lipinski definition) is 7. The Morgan fingerprint density at radius 3 is 2.68 bits per heavy atom. The van der Waals surface area contributed by atoms with Crippen LogP contribution in [-0.2, 0) is 4.74 Å². The maximum Gasteiger partial charge on any atom is 0.348 e. The van der Waals surface area contributed by atoms with Gasteiger partial charge < -0.3 is 19.2 Å². The third kappa shape index (κ3) is 4.44. The summed E-state index contributed by atoms with van der Waals surface area (Å²) >= 11 is 0.985. The van der Waals surface area contributed by atoms with Crippen LogP contribution >= 0.6 is 11.3 Å². The Morgan fingerprint density at radius 1 is 1.18 bits per heavy atom. The van der Waals surface area contributed by atoms with Crippen molar-refractivity contribution in [2.45, 2.75) is 0 Å². The number of ether oxygens (including phenoxy) is 2. The number of rotatable bonds is 7. The van der Waals surface area contributed by atoms with Gasteiger partial charge in [0.1, 0.15) is 4.88 Å². The summed E-state index contributed by atoms with van der Waals surface area (Å²) in [5.74, 6) is -2.28. The molecule has 0 spiro atoms. The fourth-order valence-electron chi connectivity index (χ4n) is 2.22. The van der Waals surface area contributed by atoms with Gasteiger partial charge in [-0.25, -0.2) is 9.18 Å². The van der Waals surface area contributed by atoms with Gasteiger partial charge in [-0.05, 0) is 42.5 Å². The minimum atomic E-state index is -0.731. The summed E-state index contributed by atoms with van der Waals surface area (Å²) in [6, 6.07) is 9.79. The van der Waals surface area contributed by atoms with E-state index in [0.717, 1.165) is 17.4 Å². The monoisotopic (exact) mass is 403 g/mol. The van der Waals surface area contributed by atoms with Crippen LogP contribution < -0.4 is 10.1 Å². The zero-order chi connectivity index (χ0) is 20.1. The standard InChI is InChI=1S/C19H14FNO6S/c1-25-14-5-4-11(9-12(14)20)13(22)10-27-19(24)16-6-7-17(28-16)21-18(23)15-3-2-8-26-15/h2-9H,10H2,1H3,(H,21,23). The normalized spacial score (nSPS) is 10.4. The Bertz CT molecular complexity index is 1010. The van der Waals surface area contributed by atoms with Gasteiger partial charge in [-0.15, -0.1) is 11.3 Å². The molecule has 0 aliphatic rings. The third-order valence-corrected chi connectivity index (χ3v) is 4.58. The zero-order valence-electron chi connectivity index (χ0n) is 14.6. The van der Waals surface area contributed by atoms with Gasteiger partial charge in [0.2, 0.25) is 0 Å². The number of methoxy groups -OCH3 is 1. The lowest BCUT2D eigenvalue weighted by Crippen LogP contribution is -2.14. The first-order chi connectivity index (χ1) is 13.5. The lowest BCUT2D eigenvalue weighted by atomic mass is 10.1. The highest BCUT2D eigenvalue weighted by atomic mass is 32.1. The van der Waals surface area contributed by atoms with E-state index in [2.05, 4.69) is 5.32 Å². The quantitative estimate of drug-likeness (QED) is 0.477. The molecule has 144 valence electrons. The van der Waals surface area contributed by atoms with Crippen LogP contribution in [0.3, 0.4) is 0 Å². The summed E-state index contributed by atoms with van der Waals surface area (Å²) in [7, 11) is 1.31. The van der Waals surface area contributed by atoms with Crippen molar-refractivity contribution >= 4 is 34.0 Å². The van der Waals surface area contributed by atoms with Gasteiger partial charge >= 0.3 is 5.97 Å². The predicted molar refractivity (Wildman–Crippen MR) is 98.5 cm³/mol. The smallest absolute Gasteiger partial charge is 0.348 e. The van der Waals surface area contributed by atoms with Gasteiger partial charge in [0.05, 0.1) is 18.4 Å². The number of anilines is 1. The zero-order valence-corrected chi connectivity index (χ0v) is 15.4. The molecule has 2 aromatic heterocycles. The summed E-state index contributed by atoms with van der Waals surface area (Å²) in [5.41, 5.74) is 0.0590. The number of hydrogen-bond donors (Lipinski definition) is 1. The molecular formula is C19H14FNO6S. The van der Waals surface area contributed by atoms with Crippen LogP contribution in [0.4, 0.5) is 9.39 Å². The molecule has 1 amide bonds. The number of Topliss-reactive ketones (excluding diaryl/α,β-unsaturated/α-hetero) is 1. The van der Waals surface area contributed by atoms with Crippen LogP contribution in [0.25, 0.3) is 0 Å².